The van der Waals surface area contributed by atoms with Crippen LogP contribution in [-0.2, 0) is 11.2 Å². The molecule has 1 fully saturated rings. The maximum absolute atomic E-state index is 12.1. The van der Waals surface area contributed by atoms with Crippen molar-refractivity contribution in [3.63, 3.8) is 0 Å². The monoisotopic (exact) mass is 590 g/mol. The zero-order valence-corrected chi connectivity index (χ0v) is 24.9. The molecule has 5 atom stereocenters. The van der Waals surface area contributed by atoms with E-state index in [-0.39, 0.29) is 24.6 Å². The predicted molar refractivity (Wildman–Crippen MR) is 161 cm³/mol. The lowest BCUT2D eigenvalue weighted by Gasteiger charge is -2.44. The van der Waals surface area contributed by atoms with Crippen molar-refractivity contribution in [2.24, 2.45) is 11.8 Å². The van der Waals surface area contributed by atoms with Gasteiger partial charge in [0.25, 0.3) is 0 Å². The number of fused-ring (bicyclic) bond motifs is 2. The first-order chi connectivity index (χ1) is 20.9. The van der Waals surface area contributed by atoms with E-state index in [4.69, 9.17) is 23.7 Å². The highest BCUT2D eigenvalue weighted by molar-refractivity contribution is 5.52. The average Bonchev–Trinajstić information content (AvgIpc) is 3.51. The number of benzene rings is 3. The molecule has 3 aromatic rings. The maximum Gasteiger partial charge on any atom is 0.128 e. The van der Waals surface area contributed by atoms with Gasteiger partial charge in [-0.1, -0.05) is 12.1 Å². The maximum atomic E-state index is 12.1. The lowest BCUT2D eigenvalue weighted by molar-refractivity contribution is -0.0889. The standard InChI is InChI=1S/C35H42O8/c1-39-14-6-11-31-32(34(38)27-18-25(40-2)12-13-30(27)43-31)29-20-41-35-22(15-21-7-5-8-23(36)16-21)17-26(19-28(35)33(29)37)42-24-9-3-4-10-24/h5,7-8,12-13,16-19,24,29,31-34,36-38H,3-4,6,9-11,14-15,20H2,1-2H3/t29-,31-,32+,33+,34-/m0/s1. The molecule has 0 saturated heterocycles. The van der Waals surface area contributed by atoms with Gasteiger partial charge in [0, 0.05) is 48.7 Å². The van der Waals surface area contributed by atoms with Crippen molar-refractivity contribution in [3.8, 4) is 28.7 Å². The van der Waals surface area contributed by atoms with Crippen LogP contribution in [0, 0.1) is 11.8 Å². The molecule has 0 aromatic heterocycles. The summed E-state index contributed by atoms with van der Waals surface area (Å²) in [6.45, 7) is 0.792. The second-order valence-electron chi connectivity index (χ2n) is 12.0. The van der Waals surface area contributed by atoms with Gasteiger partial charge in [0.2, 0.25) is 0 Å². The van der Waals surface area contributed by atoms with Crippen LogP contribution in [0.4, 0.5) is 0 Å². The molecule has 0 amide bonds. The fourth-order valence-corrected chi connectivity index (χ4v) is 7.02. The van der Waals surface area contributed by atoms with Crippen LogP contribution in [0.2, 0.25) is 0 Å². The van der Waals surface area contributed by atoms with Crippen LogP contribution in [0.3, 0.4) is 0 Å². The fraction of sp³-hybridized carbons (Fsp3) is 0.486. The number of ether oxygens (including phenoxy) is 5. The van der Waals surface area contributed by atoms with Gasteiger partial charge >= 0.3 is 0 Å². The molecule has 2 heterocycles. The largest absolute Gasteiger partial charge is 0.508 e. The number of hydrogen-bond donors (Lipinski definition) is 3. The zero-order chi connectivity index (χ0) is 29.9. The molecule has 0 unspecified atom stereocenters. The number of aliphatic hydroxyl groups is 2. The summed E-state index contributed by atoms with van der Waals surface area (Å²) < 4.78 is 30.1. The number of aliphatic hydroxyl groups excluding tert-OH is 2. The molecule has 1 aliphatic carbocycles. The van der Waals surface area contributed by atoms with Gasteiger partial charge in [0.1, 0.15) is 34.9 Å². The molecule has 3 aromatic carbocycles. The van der Waals surface area contributed by atoms with Gasteiger partial charge < -0.3 is 39.0 Å². The molecule has 0 spiro atoms. The second kappa shape index (κ2) is 13.0. The Morgan fingerprint density at radius 1 is 0.907 bits per heavy atom. The van der Waals surface area contributed by atoms with E-state index in [0.29, 0.717) is 53.6 Å². The van der Waals surface area contributed by atoms with E-state index in [1.807, 2.05) is 42.5 Å². The van der Waals surface area contributed by atoms with Crippen molar-refractivity contribution >= 4 is 0 Å². The average molecular weight is 591 g/mol. The van der Waals surface area contributed by atoms with Crippen molar-refractivity contribution in [2.45, 2.75) is 69.4 Å². The Balaban J connectivity index is 1.36. The van der Waals surface area contributed by atoms with Crippen molar-refractivity contribution in [2.75, 3.05) is 27.4 Å². The molecular formula is C35H42O8. The van der Waals surface area contributed by atoms with E-state index >= 15 is 0 Å². The molecule has 6 rings (SSSR count). The summed E-state index contributed by atoms with van der Waals surface area (Å²) in [5, 5.41) is 34.0. The molecule has 2 aliphatic heterocycles. The quantitative estimate of drug-likeness (QED) is 0.251. The Hall–Kier alpha value is -3.46. The molecule has 43 heavy (non-hydrogen) atoms. The normalized spacial score (nSPS) is 24.9. The fourth-order valence-electron chi connectivity index (χ4n) is 7.02. The third-order valence-electron chi connectivity index (χ3n) is 9.16. The van der Waals surface area contributed by atoms with Crippen LogP contribution in [0.15, 0.2) is 54.6 Å². The lowest BCUT2D eigenvalue weighted by Crippen LogP contribution is -2.46. The summed E-state index contributed by atoms with van der Waals surface area (Å²) in [6, 6.07) is 16.6. The van der Waals surface area contributed by atoms with Gasteiger partial charge in [-0.2, -0.15) is 0 Å². The molecule has 8 nitrogen and oxygen atoms in total. The van der Waals surface area contributed by atoms with Gasteiger partial charge in [0.15, 0.2) is 0 Å². The highest BCUT2D eigenvalue weighted by Gasteiger charge is 2.47. The molecule has 8 heteroatoms. The van der Waals surface area contributed by atoms with E-state index < -0.39 is 24.0 Å². The van der Waals surface area contributed by atoms with Gasteiger partial charge in [-0.15, -0.1) is 0 Å². The Morgan fingerprint density at radius 3 is 2.49 bits per heavy atom. The predicted octanol–water partition coefficient (Wildman–Crippen LogP) is 5.89. The number of phenolic OH excluding ortho intramolecular Hbond substituents is 1. The van der Waals surface area contributed by atoms with Crippen molar-refractivity contribution < 1.29 is 39.0 Å². The van der Waals surface area contributed by atoms with E-state index in [1.165, 1.54) is 0 Å². The first-order valence-electron chi connectivity index (χ1n) is 15.4. The summed E-state index contributed by atoms with van der Waals surface area (Å²) in [5.41, 5.74) is 3.12. The molecule has 0 radical (unpaired) electrons. The van der Waals surface area contributed by atoms with Gasteiger partial charge in [-0.25, -0.2) is 0 Å². The minimum Gasteiger partial charge on any atom is -0.508 e. The van der Waals surface area contributed by atoms with Crippen LogP contribution in [0.25, 0.3) is 0 Å². The second-order valence-corrected chi connectivity index (χ2v) is 12.0. The molecule has 230 valence electrons. The topological polar surface area (TPSA) is 107 Å². The summed E-state index contributed by atoms with van der Waals surface area (Å²) in [4.78, 5) is 0. The Morgan fingerprint density at radius 2 is 1.72 bits per heavy atom. The van der Waals surface area contributed by atoms with Gasteiger partial charge in [-0.3, -0.25) is 0 Å². The van der Waals surface area contributed by atoms with E-state index in [9.17, 15) is 15.3 Å². The smallest absolute Gasteiger partial charge is 0.128 e. The van der Waals surface area contributed by atoms with Crippen LogP contribution >= 0.6 is 0 Å². The molecule has 3 aliphatic rings. The number of phenols is 1. The highest BCUT2D eigenvalue weighted by Crippen LogP contribution is 2.51. The number of rotatable bonds is 10. The molecule has 3 N–H and O–H groups in total. The molecule has 1 saturated carbocycles. The first kappa shape index (κ1) is 29.6. The van der Waals surface area contributed by atoms with Crippen LogP contribution in [0.1, 0.15) is 73.0 Å². The van der Waals surface area contributed by atoms with Crippen molar-refractivity contribution in [3.05, 3.63) is 76.9 Å². The number of hydrogen-bond acceptors (Lipinski definition) is 8. The lowest BCUT2D eigenvalue weighted by atomic mass is 9.72. The third-order valence-corrected chi connectivity index (χ3v) is 9.16. The Labute approximate surface area is 253 Å². The van der Waals surface area contributed by atoms with Gasteiger partial charge in [-0.05, 0) is 86.6 Å². The summed E-state index contributed by atoms with van der Waals surface area (Å²) in [5.74, 6) is 1.92. The summed E-state index contributed by atoms with van der Waals surface area (Å²) in [7, 11) is 3.27. The van der Waals surface area contributed by atoms with Crippen LogP contribution in [0.5, 0.6) is 28.7 Å². The van der Waals surface area contributed by atoms with Gasteiger partial charge in [0.05, 0.1) is 32.0 Å². The van der Waals surface area contributed by atoms with Crippen molar-refractivity contribution in [1.82, 2.24) is 0 Å². The summed E-state index contributed by atoms with van der Waals surface area (Å²) >= 11 is 0. The zero-order valence-electron chi connectivity index (χ0n) is 24.9. The highest BCUT2D eigenvalue weighted by atomic mass is 16.5. The number of aromatic hydroxyl groups is 1. The van der Waals surface area contributed by atoms with E-state index in [1.54, 1.807) is 26.4 Å². The Kier molecular flexibility index (Phi) is 8.98. The minimum atomic E-state index is -0.917. The molecular weight excluding hydrogens is 548 g/mol. The number of methoxy groups -OCH3 is 2. The van der Waals surface area contributed by atoms with Crippen molar-refractivity contribution in [1.29, 1.82) is 0 Å². The first-order valence-corrected chi connectivity index (χ1v) is 15.4. The van der Waals surface area contributed by atoms with E-state index in [0.717, 1.165) is 43.2 Å². The van der Waals surface area contributed by atoms with Crippen LogP contribution < -0.4 is 18.9 Å². The Bertz CT molecular complexity index is 1400. The molecule has 0 bridgehead atoms. The minimum absolute atomic E-state index is 0.148. The summed E-state index contributed by atoms with van der Waals surface area (Å²) in [6.07, 6.45) is 4.24. The SMILES string of the molecule is COCCC[C@@H]1Oc2ccc(OC)cc2[C@H](O)[C@@H]1[C@@H]1COc2c(Cc3cccc(O)c3)cc(OC3CCCC3)cc2[C@H]1O. The van der Waals surface area contributed by atoms with E-state index in [2.05, 4.69) is 0 Å². The third kappa shape index (κ3) is 6.28. The van der Waals surface area contributed by atoms with Crippen LogP contribution in [-0.4, -0.2) is 55.0 Å².